The number of hydrogen-bond donors (Lipinski definition) is 1. The van der Waals surface area contributed by atoms with Crippen LogP contribution in [-0.2, 0) is 11.3 Å². The molecule has 2 aromatic rings. The van der Waals surface area contributed by atoms with Crippen LogP contribution in [0.25, 0.3) is 11.0 Å². The normalized spacial score (nSPS) is 16.9. The first kappa shape index (κ1) is 14.4. The highest BCUT2D eigenvalue weighted by Gasteiger charge is 2.33. The predicted octanol–water partition coefficient (Wildman–Crippen LogP) is 3.71. The van der Waals surface area contributed by atoms with Gasteiger partial charge in [-0.1, -0.05) is 31.2 Å². The van der Waals surface area contributed by atoms with Gasteiger partial charge in [0.2, 0.25) is 0 Å². The molecule has 0 radical (unpaired) electrons. The SMILES string of the molecule is Cc1ccc2nc(SCC(=O)O)n(CC3(C)CCC3)c2c1. The Morgan fingerprint density at radius 2 is 2.24 bits per heavy atom. The number of fused-ring (bicyclic) bond motifs is 1. The summed E-state index contributed by atoms with van der Waals surface area (Å²) >= 11 is 1.31. The fraction of sp³-hybridized carbons (Fsp3) is 0.500. The molecule has 0 unspecified atom stereocenters. The molecule has 1 heterocycles. The molecule has 0 amide bonds. The van der Waals surface area contributed by atoms with E-state index in [0.717, 1.165) is 22.7 Å². The minimum atomic E-state index is -0.801. The fourth-order valence-electron chi connectivity index (χ4n) is 2.92. The molecule has 3 rings (SSSR count). The van der Waals surface area contributed by atoms with Gasteiger partial charge in [-0.3, -0.25) is 4.79 Å². The second kappa shape index (κ2) is 5.37. The van der Waals surface area contributed by atoms with Crippen molar-refractivity contribution in [3.8, 4) is 0 Å². The van der Waals surface area contributed by atoms with Crippen molar-refractivity contribution in [1.82, 2.24) is 9.55 Å². The van der Waals surface area contributed by atoms with Crippen LogP contribution >= 0.6 is 11.8 Å². The number of imidazole rings is 1. The van der Waals surface area contributed by atoms with Crippen molar-refractivity contribution in [3.05, 3.63) is 23.8 Å². The third-order valence-corrected chi connectivity index (χ3v) is 5.26. The second-order valence-corrected chi connectivity index (χ2v) is 7.26. The van der Waals surface area contributed by atoms with Gasteiger partial charge in [-0.05, 0) is 42.9 Å². The number of thioether (sulfide) groups is 1. The van der Waals surface area contributed by atoms with Crippen LogP contribution in [0.4, 0.5) is 0 Å². The molecule has 1 N–H and O–H groups in total. The van der Waals surface area contributed by atoms with Crippen molar-refractivity contribution < 1.29 is 9.90 Å². The number of carboxylic acids is 1. The molecule has 0 bridgehead atoms. The molecule has 0 saturated heterocycles. The molecule has 1 aliphatic rings. The Labute approximate surface area is 128 Å². The Kier molecular flexibility index (Phi) is 3.69. The summed E-state index contributed by atoms with van der Waals surface area (Å²) in [5, 5.41) is 9.74. The average Bonchev–Trinajstić information content (AvgIpc) is 2.72. The zero-order chi connectivity index (χ0) is 15.0. The molecule has 1 aromatic heterocycles. The van der Waals surface area contributed by atoms with Gasteiger partial charge in [0.15, 0.2) is 5.16 Å². The van der Waals surface area contributed by atoms with Gasteiger partial charge in [-0.25, -0.2) is 4.98 Å². The van der Waals surface area contributed by atoms with Gasteiger partial charge < -0.3 is 9.67 Å². The first-order valence-corrected chi connectivity index (χ1v) is 8.27. The number of carbonyl (C=O) groups is 1. The summed E-state index contributed by atoms with van der Waals surface area (Å²) in [5.74, 6) is -0.747. The number of nitrogens with zero attached hydrogens (tertiary/aromatic N) is 2. The number of aromatic nitrogens is 2. The van der Waals surface area contributed by atoms with Gasteiger partial charge >= 0.3 is 5.97 Å². The number of aliphatic carboxylic acids is 1. The molecule has 1 aliphatic carbocycles. The summed E-state index contributed by atoms with van der Waals surface area (Å²) < 4.78 is 2.22. The molecule has 4 nitrogen and oxygen atoms in total. The third-order valence-electron chi connectivity index (χ3n) is 4.29. The van der Waals surface area contributed by atoms with E-state index in [1.165, 1.54) is 36.6 Å². The van der Waals surface area contributed by atoms with Crippen molar-refractivity contribution in [2.24, 2.45) is 5.41 Å². The van der Waals surface area contributed by atoms with E-state index in [-0.39, 0.29) is 5.75 Å². The lowest BCUT2D eigenvalue weighted by Crippen LogP contribution is -2.31. The lowest BCUT2D eigenvalue weighted by atomic mass is 9.70. The summed E-state index contributed by atoms with van der Waals surface area (Å²) in [5.41, 5.74) is 3.61. The van der Waals surface area contributed by atoms with E-state index < -0.39 is 5.97 Å². The lowest BCUT2D eigenvalue weighted by Gasteiger charge is -2.39. The zero-order valence-corrected chi connectivity index (χ0v) is 13.2. The maximum absolute atomic E-state index is 10.8. The van der Waals surface area contributed by atoms with Gasteiger partial charge in [0.05, 0.1) is 16.8 Å². The van der Waals surface area contributed by atoms with E-state index in [0.29, 0.717) is 5.41 Å². The van der Waals surface area contributed by atoms with Crippen LogP contribution in [-0.4, -0.2) is 26.4 Å². The molecule has 1 saturated carbocycles. The third kappa shape index (κ3) is 2.93. The Morgan fingerprint density at radius 3 is 2.86 bits per heavy atom. The molecule has 5 heteroatoms. The molecular weight excluding hydrogens is 284 g/mol. The second-order valence-electron chi connectivity index (χ2n) is 6.32. The van der Waals surface area contributed by atoms with Gasteiger partial charge in [-0.2, -0.15) is 0 Å². The maximum Gasteiger partial charge on any atom is 0.313 e. The monoisotopic (exact) mass is 304 g/mol. The number of rotatable bonds is 5. The van der Waals surface area contributed by atoms with Crippen LogP contribution in [0.15, 0.2) is 23.4 Å². The number of benzene rings is 1. The Bertz CT molecular complexity index is 689. The van der Waals surface area contributed by atoms with Gasteiger partial charge in [-0.15, -0.1) is 0 Å². The van der Waals surface area contributed by atoms with Gasteiger partial charge in [0.1, 0.15) is 0 Å². The Morgan fingerprint density at radius 1 is 1.48 bits per heavy atom. The van der Waals surface area contributed by atoms with Crippen LogP contribution < -0.4 is 0 Å². The molecule has 1 aromatic carbocycles. The van der Waals surface area contributed by atoms with E-state index in [4.69, 9.17) is 5.11 Å². The molecule has 0 spiro atoms. The van der Waals surface area contributed by atoms with Gasteiger partial charge in [0.25, 0.3) is 0 Å². The topological polar surface area (TPSA) is 55.1 Å². The molecule has 21 heavy (non-hydrogen) atoms. The van der Waals surface area contributed by atoms with Gasteiger partial charge in [0, 0.05) is 6.54 Å². The first-order valence-electron chi connectivity index (χ1n) is 7.28. The Balaban J connectivity index is 2.00. The highest BCUT2D eigenvalue weighted by Crippen LogP contribution is 2.43. The average molecular weight is 304 g/mol. The van der Waals surface area contributed by atoms with E-state index in [2.05, 4.69) is 35.5 Å². The number of hydrogen-bond acceptors (Lipinski definition) is 3. The summed E-state index contributed by atoms with van der Waals surface area (Å²) in [4.78, 5) is 15.5. The van der Waals surface area contributed by atoms with Crippen LogP contribution in [0.5, 0.6) is 0 Å². The summed E-state index contributed by atoms with van der Waals surface area (Å²) in [7, 11) is 0. The fourth-order valence-corrected chi connectivity index (χ4v) is 3.65. The molecule has 1 fully saturated rings. The van der Waals surface area contributed by atoms with Crippen molar-refractivity contribution in [2.75, 3.05) is 5.75 Å². The highest BCUT2D eigenvalue weighted by molar-refractivity contribution is 7.99. The molecular formula is C16H20N2O2S. The predicted molar refractivity (Wildman–Crippen MR) is 84.8 cm³/mol. The van der Waals surface area contributed by atoms with Crippen LogP contribution in [0, 0.1) is 12.3 Å². The lowest BCUT2D eigenvalue weighted by molar-refractivity contribution is -0.133. The summed E-state index contributed by atoms with van der Waals surface area (Å²) in [6.07, 6.45) is 3.77. The van der Waals surface area contributed by atoms with E-state index in [1.54, 1.807) is 0 Å². The van der Waals surface area contributed by atoms with Crippen LogP contribution in [0.1, 0.15) is 31.7 Å². The standard InChI is InChI=1S/C16H20N2O2S/c1-11-4-5-12-13(8-11)18(10-16(2)6-3-7-16)15(17-12)21-9-14(19)20/h4-5,8H,3,6-7,9-10H2,1-2H3,(H,19,20). The number of carboxylic acid groups (broad SMARTS) is 1. The van der Waals surface area contributed by atoms with Crippen molar-refractivity contribution in [2.45, 2.75) is 44.8 Å². The molecule has 112 valence electrons. The molecule has 0 atom stereocenters. The minimum absolute atomic E-state index is 0.0546. The quantitative estimate of drug-likeness (QED) is 0.856. The van der Waals surface area contributed by atoms with E-state index >= 15 is 0 Å². The smallest absolute Gasteiger partial charge is 0.313 e. The van der Waals surface area contributed by atoms with Crippen LogP contribution in [0.2, 0.25) is 0 Å². The first-order chi connectivity index (χ1) is 9.97. The minimum Gasteiger partial charge on any atom is -0.481 e. The van der Waals surface area contributed by atoms with Crippen molar-refractivity contribution >= 4 is 28.8 Å². The largest absolute Gasteiger partial charge is 0.481 e. The molecule has 0 aliphatic heterocycles. The summed E-state index contributed by atoms with van der Waals surface area (Å²) in [6, 6.07) is 6.22. The number of aryl methyl sites for hydroxylation is 1. The van der Waals surface area contributed by atoms with E-state index in [1.807, 2.05) is 6.07 Å². The zero-order valence-electron chi connectivity index (χ0n) is 12.4. The van der Waals surface area contributed by atoms with E-state index in [9.17, 15) is 4.79 Å². The van der Waals surface area contributed by atoms with Crippen LogP contribution in [0.3, 0.4) is 0 Å². The Hall–Kier alpha value is -1.49. The van der Waals surface area contributed by atoms with Crippen molar-refractivity contribution in [3.63, 3.8) is 0 Å². The summed E-state index contributed by atoms with van der Waals surface area (Å²) in [6.45, 7) is 5.31. The maximum atomic E-state index is 10.8. The van der Waals surface area contributed by atoms with Crippen molar-refractivity contribution in [1.29, 1.82) is 0 Å². The highest BCUT2D eigenvalue weighted by atomic mass is 32.2.